The molecule has 0 radical (unpaired) electrons. The van der Waals surface area contributed by atoms with Gasteiger partial charge in [-0.15, -0.1) is 5.10 Å². The van der Waals surface area contributed by atoms with Gasteiger partial charge in [0.05, 0.1) is 6.54 Å². The Morgan fingerprint density at radius 1 is 1.29 bits per heavy atom. The number of hydrogen-bond acceptors (Lipinski definition) is 6. The van der Waals surface area contributed by atoms with Crippen LogP contribution in [-0.2, 0) is 11.3 Å². The first-order valence-corrected chi connectivity index (χ1v) is 12.3. The van der Waals surface area contributed by atoms with E-state index in [9.17, 15) is 9.59 Å². The monoisotopic (exact) mass is 467 g/mol. The highest BCUT2D eigenvalue weighted by Gasteiger charge is 2.73. The SMILES string of the molecule is CC.CN1C(=O)C(NC(=O)c2ncn(Cc3ccccc3)n2)CCNC12CC21CCCCC1=N.[HH]. The van der Waals surface area contributed by atoms with E-state index in [0.717, 1.165) is 43.4 Å². The molecular formula is C25H37N7O2. The van der Waals surface area contributed by atoms with Gasteiger partial charge < -0.3 is 15.6 Å². The molecule has 1 aliphatic heterocycles. The van der Waals surface area contributed by atoms with Crippen LogP contribution in [0.2, 0.25) is 0 Å². The molecule has 3 atom stereocenters. The molecule has 2 amide bonds. The number of nitrogens with zero attached hydrogens (tertiary/aromatic N) is 4. The smallest absolute Gasteiger partial charge is 0.291 e. The van der Waals surface area contributed by atoms with Crippen LogP contribution in [-0.4, -0.2) is 62.5 Å². The second-order valence-electron chi connectivity index (χ2n) is 9.19. The Labute approximate surface area is 202 Å². The number of likely N-dealkylation sites (N-methyl/N-ethyl adjacent to an activating group) is 1. The van der Waals surface area contributed by atoms with Gasteiger partial charge in [0.15, 0.2) is 0 Å². The van der Waals surface area contributed by atoms with Gasteiger partial charge in [-0.3, -0.25) is 14.9 Å². The maximum Gasteiger partial charge on any atom is 0.291 e. The van der Waals surface area contributed by atoms with Crippen molar-refractivity contribution in [3.8, 4) is 0 Å². The van der Waals surface area contributed by atoms with Gasteiger partial charge >= 0.3 is 0 Å². The second-order valence-corrected chi connectivity index (χ2v) is 9.19. The van der Waals surface area contributed by atoms with Gasteiger partial charge in [-0.05, 0) is 44.2 Å². The van der Waals surface area contributed by atoms with E-state index in [1.165, 1.54) is 6.33 Å². The van der Waals surface area contributed by atoms with E-state index in [2.05, 4.69) is 20.7 Å². The second kappa shape index (κ2) is 9.66. The lowest BCUT2D eigenvalue weighted by molar-refractivity contribution is -0.135. The molecule has 3 fully saturated rings. The fraction of sp³-hybridized carbons (Fsp3) is 0.560. The fourth-order valence-corrected chi connectivity index (χ4v) is 5.52. The summed E-state index contributed by atoms with van der Waals surface area (Å²) in [6, 6.07) is 9.18. The van der Waals surface area contributed by atoms with E-state index >= 15 is 0 Å². The quantitative estimate of drug-likeness (QED) is 0.639. The maximum atomic E-state index is 13.3. The normalized spacial score (nSPS) is 28.3. The Morgan fingerprint density at radius 3 is 2.79 bits per heavy atom. The lowest BCUT2D eigenvalue weighted by Gasteiger charge is -2.36. The van der Waals surface area contributed by atoms with Crippen LogP contribution in [0, 0.1) is 10.8 Å². The van der Waals surface area contributed by atoms with E-state index in [1.54, 1.807) is 16.6 Å². The van der Waals surface area contributed by atoms with Crippen LogP contribution in [0.3, 0.4) is 0 Å². The van der Waals surface area contributed by atoms with Crippen LogP contribution in [0.25, 0.3) is 0 Å². The van der Waals surface area contributed by atoms with Crippen LogP contribution in [0.1, 0.15) is 70.0 Å². The predicted octanol–water partition coefficient (Wildman–Crippen LogP) is 2.83. The van der Waals surface area contributed by atoms with Gasteiger partial charge in [0.25, 0.3) is 5.91 Å². The van der Waals surface area contributed by atoms with Gasteiger partial charge in [0.1, 0.15) is 18.0 Å². The van der Waals surface area contributed by atoms with Crippen LogP contribution < -0.4 is 10.6 Å². The van der Waals surface area contributed by atoms with Gasteiger partial charge in [-0.1, -0.05) is 50.6 Å². The lowest BCUT2D eigenvalue weighted by Crippen LogP contribution is -2.56. The molecule has 1 saturated heterocycles. The first-order valence-electron chi connectivity index (χ1n) is 12.3. The number of hydrogen-bond donors (Lipinski definition) is 3. The van der Waals surface area contributed by atoms with Crippen LogP contribution in [0.5, 0.6) is 0 Å². The highest BCUT2D eigenvalue weighted by molar-refractivity contribution is 5.97. The average molecular weight is 468 g/mol. The van der Waals surface area contributed by atoms with Crippen molar-refractivity contribution in [2.24, 2.45) is 5.41 Å². The number of carbonyl (C=O) groups excluding carboxylic acids is 2. The summed E-state index contributed by atoms with van der Waals surface area (Å²) in [4.78, 5) is 32.0. The van der Waals surface area contributed by atoms with Crippen LogP contribution in [0.4, 0.5) is 0 Å². The molecule has 1 aromatic carbocycles. The summed E-state index contributed by atoms with van der Waals surface area (Å²) < 4.78 is 1.62. The molecule has 3 aliphatic rings. The fourth-order valence-electron chi connectivity index (χ4n) is 5.52. The van der Waals surface area contributed by atoms with Crippen molar-refractivity contribution in [2.45, 2.75) is 70.6 Å². The Kier molecular flexibility index (Phi) is 6.84. The third kappa shape index (κ3) is 4.13. The minimum atomic E-state index is -0.643. The summed E-state index contributed by atoms with van der Waals surface area (Å²) in [5.41, 5.74) is 1.09. The molecule has 2 saturated carbocycles. The zero-order chi connectivity index (χ0) is 24.3. The summed E-state index contributed by atoms with van der Waals surface area (Å²) in [7, 11) is 1.79. The zero-order valence-electron chi connectivity index (χ0n) is 20.3. The maximum absolute atomic E-state index is 13.3. The van der Waals surface area contributed by atoms with E-state index in [4.69, 9.17) is 5.41 Å². The van der Waals surface area contributed by atoms with Gasteiger partial charge in [-0.25, -0.2) is 9.67 Å². The van der Waals surface area contributed by atoms with Crippen molar-refractivity contribution >= 4 is 17.5 Å². The Hall–Kier alpha value is -3.07. The Bertz CT molecular complexity index is 1060. The van der Waals surface area contributed by atoms with Gasteiger partial charge in [0.2, 0.25) is 11.7 Å². The Balaban J connectivity index is 0.00000111. The topological polar surface area (TPSA) is 116 Å². The molecule has 2 aliphatic carbocycles. The molecule has 5 rings (SSSR count). The van der Waals surface area contributed by atoms with Crippen LogP contribution in [0.15, 0.2) is 36.7 Å². The lowest BCUT2D eigenvalue weighted by atomic mass is 9.82. The number of rotatable bonds is 4. The van der Waals surface area contributed by atoms with E-state index in [-0.39, 0.29) is 18.6 Å². The van der Waals surface area contributed by atoms with Crippen molar-refractivity contribution in [3.63, 3.8) is 0 Å². The molecular weight excluding hydrogens is 430 g/mol. The van der Waals surface area contributed by atoms with Gasteiger partial charge in [0, 0.05) is 19.6 Å². The first kappa shape index (κ1) is 24.1. The van der Waals surface area contributed by atoms with Gasteiger partial charge in [-0.2, -0.15) is 0 Å². The minimum Gasteiger partial charge on any atom is -0.337 e. The third-order valence-electron chi connectivity index (χ3n) is 7.37. The molecule has 34 heavy (non-hydrogen) atoms. The third-order valence-corrected chi connectivity index (χ3v) is 7.37. The highest BCUT2D eigenvalue weighted by atomic mass is 16.2. The summed E-state index contributed by atoms with van der Waals surface area (Å²) in [6.45, 7) is 5.12. The first-order chi connectivity index (χ1) is 16.4. The van der Waals surface area contributed by atoms with Crippen molar-refractivity contribution in [1.29, 1.82) is 5.41 Å². The van der Waals surface area contributed by atoms with Crippen molar-refractivity contribution in [1.82, 2.24) is 30.3 Å². The zero-order valence-corrected chi connectivity index (χ0v) is 20.3. The largest absolute Gasteiger partial charge is 0.337 e. The number of amides is 2. The van der Waals surface area contributed by atoms with Crippen molar-refractivity contribution < 1.29 is 11.0 Å². The summed E-state index contributed by atoms with van der Waals surface area (Å²) in [5.74, 6) is -0.516. The molecule has 2 heterocycles. The average Bonchev–Trinajstić information content (AvgIpc) is 3.29. The molecule has 3 unspecified atom stereocenters. The summed E-state index contributed by atoms with van der Waals surface area (Å²) >= 11 is 0. The van der Waals surface area contributed by atoms with Crippen molar-refractivity contribution in [3.05, 3.63) is 48.0 Å². The number of nitrogens with one attached hydrogen (secondary N) is 3. The number of aromatic nitrogens is 3. The number of benzene rings is 1. The molecule has 1 aromatic heterocycles. The number of fused-ring (bicyclic) bond motifs is 1. The number of carbonyl (C=O) groups is 2. The molecule has 2 aromatic rings. The van der Waals surface area contributed by atoms with Crippen LogP contribution >= 0.6 is 0 Å². The molecule has 0 bridgehead atoms. The molecule has 3 N–H and O–H groups in total. The van der Waals surface area contributed by atoms with E-state index in [0.29, 0.717) is 19.5 Å². The summed E-state index contributed by atoms with van der Waals surface area (Å²) in [6.07, 6.45) is 6.70. The molecule has 9 heteroatoms. The minimum absolute atomic E-state index is 0. The summed E-state index contributed by atoms with van der Waals surface area (Å²) in [5, 5.41) is 19.2. The molecule has 2 spiro atoms. The van der Waals surface area contributed by atoms with E-state index in [1.807, 2.05) is 44.2 Å². The standard InChI is InChI=1S/C23H29N7O2.C2H6.H2/c1-29-21(32)17(10-12-26-23(29)14-22(23)11-6-5-9-18(22)24)27-20(31)19-25-15-30(28-19)13-16-7-3-2-4-8-16;1-2;/h2-4,7-8,15,17,24,26H,5-6,9-14H2,1H3,(H,27,31);1-2H3;1H. The molecule has 184 valence electrons. The van der Waals surface area contributed by atoms with Crippen molar-refractivity contribution in [2.75, 3.05) is 13.6 Å². The predicted molar refractivity (Wildman–Crippen MR) is 132 cm³/mol. The molecule has 9 nitrogen and oxygen atoms in total. The Morgan fingerprint density at radius 2 is 2.06 bits per heavy atom. The highest BCUT2D eigenvalue weighted by Crippen LogP contribution is 2.64. The van der Waals surface area contributed by atoms with E-state index < -0.39 is 17.6 Å².